The van der Waals surface area contributed by atoms with E-state index in [2.05, 4.69) is 30.9 Å². The van der Waals surface area contributed by atoms with Crippen LogP contribution in [-0.4, -0.2) is 36.6 Å². The van der Waals surface area contributed by atoms with E-state index in [9.17, 15) is 18.0 Å². The van der Waals surface area contributed by atoms with Crippen molar-refractivity contribution in [1.82, 2.24) is 25.0 Å². The van der Waals surface area contributed by atoms with E-state index in [-0.39, 0.29) is 17.1 Å². The third kappa shape index (κ3) is 5.45. The van der Waals surface area contributed by atoms with Gasteiger partial charge in [-0.25, -0.2) is 9.67 Å². The summed E-state index contributed by atoms with van der Waals surface area (Å²) in [7, 11) is 0. The molecule has 0 atom stereocenters. The summed E-state index contributed by atoms with van der Waals surface area (Å²) in [5.41, 5.74) is -0.663. The summed E-state index contributed by atoms with van der Waals surface area (Å²) in [6.45, 7) is 0.438. The van der Waals surface area contributed by atoms with E-state index in [0.717, 1.165) is 29.7 Å². The van der Waals surface area contributed by atoms with Gasteiger partial charge in [0.05, 0.1) is 35.5 Å². The average molecular weight is 481 g/mol. The number of amides is 1. The van der Waals surface area contributed by atoms with Gasteiger partial charge >= 0.3 is 6.18 Å². The summed E-state index contributed by atoms with van der Waals surface area (Å²) < 4.78 is 46.4. The van der Waals surface area contributed by atoms with Crippen LogP contribution in [0.15, 0.2) is 58.0 Å². The molecule has 4 rings (SSSR count). The number of hydrogen-bond donors (Lipinski definition) is 2. The molecule has 0 unspecified atom stereocenters. The molecule has 0 radical (unpaired) electrons. The van der Waals surface area contributed by atoms with Gasteiger partial charge in [-0.2, -0.15) is 18.3 Å². The highest BCUT2D eigenvalue weighted by Crippen LogP contribution is 2.33. The van der Waals surface area contributed by atoms with Crippen LogP contribution < -0.4 is 10.6 Å². The van der Waals surface area contributed by atoms with Crippen LogP contribution in [0, 0.1) is 0 Å². The van der Waals surface area contributed by atoms with Crippen molar-refractivity contribution in [3.63, 3.8) is 0 Å². The van der Waals surface area contributed by atoms with Crippen molar-refractivity contribution in [3.8, 4) is 5.69 Å². The van der Waals surface area contributed by atoms with Gasteiger partial charge in [0, 0.05) is 0 Å². The maximum absolute atomic E-state index is 13.1. The van der Waals surface area contributed by atoms with Crippen LogP contribution in [0.2, 0.25) is 0 Å². The van der Waals surface area contributed by atoms with Crippen molar-refractivity contribution in [2.24, 2.45) is 0 Å². The molecule has 0 aliphatic rings. The number of rotatable bonds is 8. The lowest BCUT2D eigenvalue weighted by molar-refractivity contribution is -0.137. The second-order valence-electron chi connectivity index (χ2n) is 6.21. The number of furan rings is 1. The van der Waals surface area contributed by atoms with Gasteiger partial charge in [-0.15, -0.1) is 10.2 Å². The SMILES string of the molecule is O=C(CSc1nnc(NCc2ccco2)s1)Nc1cc(C(F)(F)F)ccc1-n1cncn1. The molecule has 14 heteroatoms. The first-order valence-corrected chi connectivity index (χ1v) is 10.8. The summed E-state index contributed by atoms with van der Waals surface area (Å²) in [4.78, 5) is 16.2. The molecule has 0 spiro atoms. The molecule has 32 heavy (non-hydrogen) atoms. The molecule has 0 saturated carbocycles. The van der Waals surface area contributed by atoms with Gasteiger partial charge in [0.25, 0.3) is 0 Å². The molecule has 0 fully saturated rings. The molecular formula is C18H14F3N7O2S2. The zero-order valence-corrected chi connectivity index (χ0v) is 17.7. The molecule has 3 aromatic heterocycles. The van der Waals surface area contributed by atoms with Crippen LogP contribution in [0.1, 0.15) is 11.3 Å². The third-order valence-corrected chi connectivity index (χ3v) is 6.00. The quantitative estimate of drug-likeness (QED) is 0.362. The van der Waals surface area contributed by atoms with E-state index in [0.29, 0.717) is 16.0 Å². The molecular weight excluding hydrogens is 467 g/mol. The lowest BCUT2D eigenvalue weighted by Gasteiger charge is -2.14. The maximum Gasteiger partial charge on any atom is 0.416 e. The van der Waals surface area contributed by atoms with Crippen LogP contribution >= 0.6 is 23.1 Å². The monoisotopic (exact) mass is 481 g/mol. The Bertz CT molecular complexity index is 1180. The minimum absolute atomic E-state index is 0.0333. The van der Waals surface area contributed by atoms with Crippen LogP contribution in [0.5, 0.6) is 0 Å². The van der Waals surface area contributed by atoms with Crippen molar-refractivity contribution < 1.29 is 22.4 Å². The summed E-state index contributed by atoms with van der Waals surface area (Å²) in [6, 6.07) is 6.59. The largest absolute Gasteiger partial charge is 0.467 e. The van der Waals surface area contributed by atoms with Crippen molar-refractivity contribution >= 4 is 39.8 Å². The zero-order chi connectivity index (χ0) is 22.6. The van der Waals surface area contributed by atoms with Crippen molar-refractivity contribution in [2.75, 3.05) is 16.4 Å². The molecule has 3 heterocycles. The first-order valence-electron chi connectivity index (χ1n) is 8.97. The first-order chi connectivity index (χ1) is 15.4. The number of anilines is 2. The number of benzene rings is 1. The minimum atomic E-state index is -4.55. The van der Waals surface area contributed by atoms with Crippen LogP contribution in [-0.2, 0) is 17.5 Å². The minimum Gasteiger partial charge on any atom is -0.467 e. The smallest absolute Gasteiger partial charge is 0.416 e. The van der Waals surface area contributed by atoms with Crippen LogP contribution in [0.25, 0.3) is 5.69 Å². The third-order valence-electron chi connectivity index (χ3n) is 3.99. The van der Waals surface area contributed by atoms with Gasteiger partial charge in [0.2, 0.25) is 11.0 Å². The van der Waals surface area contributed by atoms with Gasteiger partial charge in [0.15, 0.2) is 4.34 Å². The maximum atomic E-state index is 13.1. The molecule has 9 nitrogen and oxygen atoms in total. The van der Waals surface area contributed by atoms with Gasteiger partial charge in [-0.05, 0) is 30.3 Å². The molecule has 2 N–H and O–H groups in total. The predicted octanol–water partition coefficient (Wildman–Crippen LogP) is 4.07. The zero-order valence-electron chi connectivity index (χ0n) is 16.0. The number of halogens is 3. The Labute approximate surface area is 187 Å². The molecule has 4 aromatic rings. The van der Waals surface area contributed by atoms with Crippen molar-refractivity contribution in [3.05, 3.63) is 60.6 Å². The number of thioether (sulfide) groups is 1. The average Bonchev–Trinajstić information content (AvgIpc) is 3.53. The number of nitrogens with one attached hydrogen (secondary N) is 2. The summed E-state index contributed by atoms with van der Waals surface area (Å²) in [5, 5.41) is 18.0. The van der Waals surface area contributed by atoms with Gasteiger partial charge in [0.1, 0.15) is 18.4 Å². The predicted molar refractivity (Wildman–Crippen MR) is 112 cm³/mol. The Morgan fingerprint density at radius 2 is 2.12 bits per heavy atom. The summed E-state index contributed by atoms with van der Waals surface area (Å²) in [5.74, 6) is 0.161. The Morgan fingerprint density at radius 3 is 2.84 bits per heavy atom. The van der Waals surface area contributed by atoms with Gasteiger partial charge in [-0.1, -0.05) is 23.1 Å². The lowest BCUT2D eigenvalue weighted by atomic mass is 10.1. The Morgan fingerprint density at radius 1 is 1.25 bits per heavy atom. The molecule has 166 valence electrons. The summed E-state index contributed by atoms with van der Waals surface area (Å²) in [6.07, 6.45) is -0.423. The summed E-state index contributed by atoms with van der Waals surface area (Å²) >= 11 is 2.36. The van der Waals surface area contributed by atoms with E-state index in [1.165, 1.54) is 34.7 Å². The normalized spacial score (nSPS) is 11.5. The molecule has 1 aromatic carbocycles. The van der Waals surface area contributed by atoms with Gasteiger partial charge < -0.3 is 15.1 Å². The fourth-order valence-corrected chi connectivity index (χ4v) is 4.12. The van der Waals surface area contributed by atoms with Crippen LogP contribution in [0.4, 0.5) is 24.0 Å². The first kappa shape index (κ1) is 21.8. The second-order valence-corrected chi connectivity index (χ2v) is 8.41. The fraction of sp³-hybridized carbons (Fsp3) is 0.167. The fourth-order valence-electron chi connectivity index (χ4n) is 2.57. The Kier molecular flexibility index (Phi) is 6.41. The molecule has 1 amide bonds. The van der Waals surface area contributed by atoms with E-state index in [1.54, 1.807) is 12.3 Å². The molecule has 0 saturated heterocycles. The number of alkyl halides is 3. The second kappa shape index (κ2) is 9.40. The molecule has 0 bridgehead atoms. The van der Waals surface area contributed by atoms with E-state index in [4.69, 9.17) is 4.42 Å². The number of nitrogens with zero attached hydrogens (tertiary/aromatic N) is 5. The lowest BCUT2D eigenvalue weighted by Crippen LogP contribution is -2.17. The van der Waals surface area contributed by atoms with E-state index >= 15 is 0 Å². The van der Waals surface area contributed by atoms with E-state index < -0.39 is 17.6 Å². The Hall–Kier alpha value is -3.39. The highest BCUT2D eigenvalue weighted by Gasteiger charge is 2.31. The highest BCUT2D eigenvalue weighted by molar-refractivity contribution is 8.01. The van der Waals surface area contributed by atoms with E-state index in [1.807, 2.05) is 6.07 Å². The van der Waals surface area contributed by atoms with Gasteiger partial charge in [-0.3, -0.25) is 4.79 Å². The van der Waals surface area contributed by atoms with Crippen molar-refractivity contribution in [1.29, 1.82) is 0 Å². The standard InChI is InChI=1S/C18H14F3N7O2S2/c19-18(20,21)11-3-4-14(28-10-22-9-24-28)13(6-11)25-15(29)8-31-17-27-26-16(32-17)23-7-12-2-1-5-30-12/h1-6,9-10H,7-8H2,(H,23,26)(H,25,29). The highest BCUT2D eigenvalue weighted by atomic mass is 32.2. The topological polar surface area (TPSA) is 111 Å². The number of carbonyl (C=O) groups excluding carboxylic acids is 1. The number of carbonyl (C=O) groups is 1. The Balaban J connectivity index is 1.39. The molecule has 0 aliphatic heterocycles. The molecule has 0 aliphatic carbocycles. The van der Waals surface area contributed by atoms with Crippen LogP contribution in [0.3, 0.4) is 0 Å². The van der Waals surface area contributed by atoms with Crippen molar-refractivity contribution in [2.45, 2.75) is 17.1 Å². The number of hydrogen-bond acceptors (Lipinski definition) is 9. The number of aromatic nitrogens is 5.